The molecule has 2 N–H and O–H groups in total. The molecule has 6 heteroatoms. The van der Waals surface area contributed by atoms with Gasteiger partial charge in [0.2, 0.25) is 7.37 Å². The van der Waals surface area contributed by atoms with E-state index in [9.17, 15) is 19.4 Å². The number of rotatable bonds is 7. The van der Waals surface area contributed by atoms with Crippen molar-refractivity contribution in [3.05, 3.63) is 58.3 Å². The summed E-state index contributed by atoms with van der Waals surface area (Å²) in [6, 6.07) is 10.5. The van der Waals surface area contributed by atoms with Crippen LogP contribution in [0.3, 0.4) is 0 Å². The van der Waals surface area contributed by atoms with E-state index < -0.39 is 24.9 Å². The summed E-state index contributed by atoms with van der Waals surface area (Å²) < 4.78 is 12.8. The topological polar surface area (TPSA) is 74.6 Å². The van der Waals surface area contributed by atoms with Gasteiger partial charge < -0.3 is 10.00 Å². The summed E-state index contributed by atoms with van der Waals surface area (Å²) in [6.07, 6.45) is 0.256. The predicted octanol–water partition coefficient (Wildman–Crippen LogP) is 4.34. The summed E-state index contributed by atoms with van der Waals surface area (Å²) in [5, 5.41) is 13.2. The smallest absolute Gasteiger partial charge is 0.311 e. The maximum Gasteiger partial charge on any atom is 0.311 e. The van der Waals surface area contributed by atoms with Gasteiger partial charge in [0.15, 0.2) is 0 Å². The second kappa shape index (κ2) is 7.23. The van der Waals surface area contributed by atoms with Crippen molar-refractivity contribution in [3.63, 3.8) is 0 Å². The highest BCUT2D eigenvalue weighted by Crippen LogP contribution is 2.59. The van der Waals surface area contributed by atoms with E-state index in [0.717, 1.165) is 5.56 Å². The largest absolute Gasteiger partial charge is 0.481 e. The van der Waals surface area contributed by atoms with Crippen LogP contribution in [0.2, 0.25) is 0 Å². The van der Waals surface area contributed by atoms with Crippen LogP contribution in [-0.2, 0) is 9.36 Å². The Hall–Kier alpha value is -1.42. The molecule has 0 aliphatic heterocycles. The van der Waals surface area contributed by atoms with E-state index in [4.69, 9.17) is 0 Å². The number of benzene rings is 1. The van der Waals surface area contributed by atoms with E-state index in [-0.39, 0.29) is 6.16 Å². The fourth-order valence-electron chi connectivity index (χ4n) is 2.62. The van der Waals surface area contributed by atoms with Crippen LogP contribution in [-0.4, -0.2) is 22.1 Å². The highest BCUT2D eigenvalue weighted by atomic mass is 32.1. The Bertz CT molecular complexity index is 654. The first-order valence-corrected chi connectivity index (χ1v) is 9.92. The standard InChI is InChI=1S/C16H19O4PS/c1-2-15(13-8-9-22-11-13)21(19,20)10-14(16(17)18)12-6-4-3-5-7-12/h3-9,11,14-15H,2,10H2,1H3,(H,17,18)(H,19,20). The molecule has 0 aliphatic rings. The summed E-state index contributed by atoms with van der Waals surface area (Å²) >= 11 is 1.47. The Morgan fingerprint density at radius 3 is 2.41 bits per heavy atom. The van der Waals surface area contributed by atoms with Gasteiger partial charge in [0.25, 0.3) is 0 Å². The molecule has 0 fully saturated rings. The Morgan fingerprint density at radius 2 is 1.91 bits per heavy atom. The average molecular weight is 338 g/mol. The molecule has 0 spiro atoms. The molecule has 1 heterocycles. The summed E-state index contributed by atoms with van der Waals surface area (Å²) in [4.78, 5) is 22.1. The van der Waals surface area contributed by atoms with Crippen molar-refractivity contribution in [2.45, 2.75) is 24.9 Å². The van der Waals surface area contributed by atoms with E-state index >= 15 is 0 Å². The minimum absolute atomic E-state index is 0.249. The van der Waals surface area contributed by atoms with Crippen LogP contribution in [0.4, 0.5) is 0 Å². The van der Waals surface area contributed by atoms with E-state index in [1.165, 1.54) is 11.3 Å². The first-order chi connectivity index (χ1) is 10.5. The molecule has 0 bridgehead atoms. The molecular formula is C16H19O4PS. The van der Waals surface area contributed by atoms with Crippen molar-refractivity contribution in [2.24, 2.45) is 0 Å². The molecule has 0 saturated heterocycles. The Morgan fingerprint density at radius 1 is 1.23 bits per heavy atom. The van der Waals surface area contributed by atoms with Gasteiger partial charge in [-0.3, -0.25) is 9.36 Å². The molecule has 0 aliphatic carbocycles. The number of carbonyl (C=O) groups is 1. The Balaban J connectivity index is 2.28. The second-order valence-electron chi connectivity index (χ2n) is 5.22. The van der Waals surface area contributed by atoms with E-state index in [1.807, 2.05) is 23.8 Å². The number of aliphatic carboxylic acids is 1. The van der Waals surface area contributed by atoms with Crippen molar-refractivity contribution < 1.29 is 19.4 Å². The van der Waals surface area contributed by atoms with Gasteiger partial charge in [0.1, 0.15) is 0 Å². The maximum absolute atomic E-state index is 12.8. The van der Waals surface area contributed by atoms with Crippen LogP contribution in [0.25, 0.3) is 0 Å². The zero-order valence-electron chi connectivity index (χ0n) is 12.3. The molecule has 4 nitrogen and oxygen atoms in total. The third-order valence-electron chi connectivity index (χ3n) is 3.75. The van der Waals surface area contributed by atoms with Crippen LogP contribution in [0.15, 0.2) is 47.2 Å². The van der Waals surface area contributed by atoms with Crippen LogP contribution >= 0.6 is 18.7 Å². The molecular weight excluding hydrogens is 319 g/mol. The normalized spacial score (nSPS) is 16.6. The number of hydrogen-bond donors (Lipinski definition) is 2. The van der Waals surface area contributed by atoms with Gasteiger partial charge >= 0.3 is 5.97 Å². The summed E-state index contributed by atoms with van der Waals surface area (Å²) in [5.74, 6) is -2.04. The second-order valence-corrected chi connectivity index (χ2v) is 8.50. The Labute approximate surface area is 133 Å². The fourth-order valence-corrected chi connectivity index (χ4v) is 5.78. The van der Waals surface area contributed by atoms with Crippen molar-refractivity contribution in [1.82, 2.24) is 0 Å². The highest BCUT2D eigenvalue weighted by Gasteiger charge is 2.36. The molecule has 118 valence electrons. The summed E-state index contributed by atoms with van der Waals surface area (Å²) in [7, 11) is -3.64. The van der Waals surface area contributed by atoms with Gasteiger partial charge in [-0.1, -0.05) is 37.3 Å². The minimum atomic E-state index is -3.64. The van der Waals surface area contributed by atoms with Gasteiger partial charge in [-0.15, -0.1) is 0 Å². The molecule has 1 aromatic heterocycles. The van der Waals surface area contributed by atoms with Crippen molar-refractivity contribution in [1.29, 1.82) is 0 Å². The quantitative estimate of drug-likeness (QED) is 0.737. The predicted molar refractivity (Wildman–Crippen MR) is 88.9 cm³/mol. The molecule has 2 aromatic rings. The van der Waals surface area contributed by atoms with Crippen LogP contribution in [0.1, 0.15) is 36.0 Å². The molecule has 0 saturated carbocycles. The zero-order chi connectivity index (χ0) is 16.2. The number of carboxylic acids is 1. The van der Waals surface area contributed by atoms with E-state index in [2.05, 4.69) is 0 Å². The van der Waals surface area contributed by atoms with Crippen molar-refractivity contribution in [3.8, 4) is 0 Å². The van der Waals surface area contributed by atoms with E-state index in [0.29, 0.717) is 12.0 Å². The van der Waals surface area contributed by atoms with Crippen LogP contribution < -0.4 is 0 Å². The monoisotopic (exact) mass is 338 g/mol. The third kappa shape index (κ3) is 3.86. The number of thiophene rings is 1. The fraction of sp³-hybridized carbons (Fsp3) is 0.312. The molecule has 22 heavy (non-hydrogen) atoms. The zero-order valence-corrected chi connectivity index (χ0v) is 14.0. The van der Waals surface area contributed by atoms with E-state index in [1.54, 1.807) is 30.3 Å². The molecule has 1 aromatic carbocycles. The van der Waals surface area contributed by atoms with Crippen LogP contribution in [0, 0.1) is 0 Å². The molecule has 3 unspecified atom stereocenters. The van der Waals surface area contributed by atoms with Gasteiger partial charge in [-0.25, -0.2) is 0 Å². The molecule has 0 radical (unpaired) electrons. The molecule has 3 atom stereocenters. The lowest BCUT2D eigenvalue weighted by molar-refractivity contribution is -0.138. The Kier molecular flexibility index (Phi) is 5.57. The minimum Gasteiger partial charge on any atom is -0.481 e. The summed E-state index contributed by atoms with van der Waals surface area (Å²) in [5.41, 5.74) is 0.865. The highest BCUT2D eigenvalue weighted by molar-refractivity contribution is 7.58. The van der Waals surface area contributed by atoms with Crippen LogP contribution in [0.5, 0.6) is 0 Å². The number of hydrogen-bond acceptors (Lipinski definition) is 3. The maximum atomic E-state index is 12.8. The van der Waals surface area contributed by atoms with Gasteiger partial charge in [-0.05, 0) is 34.4 Å². The van der Waals surface area contributed by atoms with Gasteiger partial charge in [-0.2, -0.15) is 11.3 Å². The number of carboxylic acid groups (broad SMARTS) is 1. The molecule has 0 amide bonds. The lowest BCUT2D eigenvalue weighted by atomic mass is 10.0. The lowest BCUT2D eigenvalue weighted by Gasteiger charge is -2.24. The van der Waals surface area contributed by atoms with Crippen molar-refractivity contribution in [2.75, 3.05) is 6.16 Å². The average Bonchev–Trinajstić information content (AvgIpc) is 3.00. The first-order valence-electron chi connectivity index (χ1n) is 7.07. The summed E-state index contributed by atoms with van der Waals surface area (Å²) in [6.45, 7) is 1.85. The van der Waals surface area contributed by atoms with Gasteiger partial charge in [0, 0.05) is 6.16 Å². The SMILES string of the molecule is CCC(c1ccsc1)P(=O)(O)CC(C(=O)O)c1ccccc1. The molecule has 2 rings (SSSR count). The van der Waals surface area contributed by atoms with Crippen molar-refractivity contribution >= 4 is 24.7 Å². The first kappa shape index (κ1) is 16.9. The lowest BCUT2D eigenvalue weighted by Crippen LogP contribution is -2.18. The van der Waals surface area contributed by atoms with Gasteiger partial charge in [0.05, 0.1) is 11.6 Å². The third-order valence-corrected chi connectivity index (χ3v) is 6.97.